The molecule has 0 fully saturated rings. The number of benzene rings is 2. The van der Waals surface area contributed by atoms with Crippen molar-refractivity contribution in [3.63, 3.8) is 0 Å². The number of imidazole rings is 1. The van der Waals surface area contributed by atoms with Crippen molar-refractivity contribution in [1.29, 1.82) is 0 Å². The summed E-state index contributed by atoms with van der Waals surface area (Å²) < 4.78 is 79.3. The third kappa shape index (κ3) is 3.89. The molecule has 136 valence electrons. The van der Waals surface area contributed by atoms with Gasteiger partial charge < -0.3 is 4.57 Å². The summed E-state index contributed by atoms with van der Waals surface area (Å²) in [6, 6.07) is 10.5. The zero-order valence-corrected chi connectivity index (χ0v) is 13.1. The zero-order valence-electron chi connectivity index (χ0n) is 13.1. The smallest absolute Gasteiger partial charge is 0.326 e. The Labute approximate surface area is 144 Å². The molecule has 0 aliphatic rings. The van der Waals surface area contributed by atoms with Crippen LogP contribution < -0.4 is 0 Å². The first-order chi connectivity index (χ1) is 12.1. The van der Waals surface area contributed by atoms with Gasteiger partial charge >= 0.3 is 12.4 Å². The maximum Gasteiger partial charge on any atom is 0.416 e. The van der Waals surface area contributed by atoms with Crippen LogP contribution in [0.25, 0.3) is 11.3 Å². The lowest BCUT2D eigenvalue weighted by atomic mass is 10.0. The molecule has 0 radical (unpaired) electrons. The SMILES string of the molecule is FC(F)(F)c1cc(Cn2cncc2-c2ccccc2)cc(C(F)(F)F)c1. The fourth-order valence-corrected chi connectivity index (χ4v) is 2.60. The molecule has 2 aromatic carbocycles. The topological polar surface area (TPSA) is 17.8 Å². The van der Waals surface area contributed by atoms with Gasteiger partial charge in [-0.25, -0.2) is 4.98 Å². The van der Waals surface area contributed by atoms with Crippen molar-refractivity contribution in [1.82, 2.24) is 9.55 Å². The lowest BCUT2D eigenvalue weighted by molar-refractivity contribution is -0.143. The van der Waals surface area contributed by atoms with Crippen molar-refractivity contribution in [2.75, 3.05) is 0 Å². The summed E-state index contributed by atoms with van der Waals surface area (Å²) in [7, 11) is 0. The molecule has 1 heterocycles. The van der Waals surface area contributed by atoms with Gasteiger partial charge in [0.1, 0.15) is 0 Å². The van der Waals surface area contributed by atoms with Crippen LogP contribution in [-0.2, 0) is 18.9 Å². The Morgan fingerprint density at radius 1 is 0.808 bits per heavy atom. The van der Waals surface area contributed by atoms with E-state index in [9.17, 15) is 26.3 Å². The Morgan fingerprint density at radius 3 is 1.92 bits per heavy atom. The Bertz CT molecular complexity index is 862. The predicted molar refractivity (Wildman–Crippen MR) is 83.2 cm³/mol. The van der Waals surface area contributed by atoms with Crippen LogP contribution in [0.15, 0.2) is 61.1 Å². The van der Waals surface area contributed by atoms with Crippen molar-refractivity contribution in [2.45, 2.75) is 18.9 Å². The van der Waals surface area contributed by atoms with E-state index in [0.717, 1.165) is 17.7 Å². The van der Waals surface area contributed by atoms with E-state index in [2.05, 4.69) is 4.98 Å². The Balaban J connectivity index is 2.02. The second kappa shape index (κ2) is 6.51. The van der Waals surface area contributed by atoms with Crippen LogP contribution in [0.1, 0.15) is 16.7 Å². The van der Waals surface area contributed by atoms with E-state index >= 15 is 0 Å². The van der Waals surface area contributed by atoms with Gasteiger partial charge in [0.15, 0.2) is 0 Å². The largest absolute Gasteiger partial charge is 0.416 e. The molecule has 2 nitrogen and oxygen atoms in total. The molecule has 0 aliphatic heterocycles. The first-order valence-electron chi connectivity index (χ1n) is 7.48. The lowest BCUT2D eigenvalue weighted by Gasteiger charge is -2.15. The van der Waals surface area contributed by atoms with Crippen LogP contribution in [0.4, 0.5) is 26.3 Å². The maximum absolute atomic E-state index is 13.0. The monoisotopic (exact) mass is 370 g/mol. The molecule has 8 heteroatoms. The predicted octanol–water partition coefficient (Wildman–Crippen LogP) is 5.64. The van der Waals surface area contributed by atoms with Gasteiger partial charge in [-0.3, -0.25) is 0 Å². The van der Waals surface area contributed by atoms with Gasteiger partial charge in [0, 0.05) is 6.54 Å². The minimum atomic E-state index is -4.87. The summed E-state index contributed by atoms with van der Waals surface area (Å²) in [6.45, 7) is -0.169. The van der Waals surface area contributed by atoms with E-state index in [4.69, 9.17) is 0 Å². The molecule has 0 bridgehead atoms. The summed E-state index contributed by atoms with van der Waals surface area (Å²) in [6.07, 6.45) is -6.86. The molecular formula is C18H12F6N2. The number of nitrogens with zero attached hydrogens (tertiary/aromatic N) is 2. The molecule has 0 saturated carbocycles. The van der Waals surface area contributed by atoms with Crippen molar-refractivity contribution in [3.8, 4) is 11.3 Å². The van der Waals surface area contributed by atoms with Gasteiger partial charge in [-0.15, -0.1) is 0 Å². The Hall–Kier alpha value is -2.77. The van der Waals surface area contributed by atoms with E-state index < -0.39 is 23.5 Å². The summed E-state index contributed by atoms with van der Waals surface area (Å²) in [4.78, 5) is 3.96. The molecule has 0 aliphatic carbocycles. The third-order valence-electron chi connectivity index (χ3n) is 3.78. The molecule has 3 rings (SSSR count). The molecule has 0 N–H and O–H groups in total. The van der Waals surface area contributed by atoms with E-state index in [-0.39, 0.29) is 18.2 Å². The molecular weight excluding hydrogens is 358 g/mol. The minimum Gasteiger partial charge on any atom is -0.326 e. The second-order valence-corrected chi connectivity index (χ2v) is 5.69. The van der Waals surface area contributed by atoms with Gasteiger partial charge in [-0.2, -0.15) is 26.3 Å². The van der Waals surface area contributed by atoms with Crippen molar-refractivity contribution < 1.29 is 26.3 Å². The summed E-state index contributed by atoms with van der Waals surface area (Å²) in [5, 5.41) is 0. The highest BCUT2D eigenvalue weighted by Crippen LogP contribution is 2.36. The van der Waals surface area contributed by atoms with E-state index in [0.29, 0.717) is 5.69 Å². The van der Waals surface area contributed by atoms with Crippen LogP contribution >= 0.6 is 0 Å². The molecule has 0 spiro atoms. The average molecular weight is 370 g/mol. The van der Waals surface area contributed by atoms with Gasteiger partial charge in [0.2, 0.25) is 0 Å². The molecule has 3 aromatic rings. The molecule has 0 atom stereocenters. The van der Waals surface area contributed by atoms with Crippen LogP contribution in [0.5, 0.6) is 0 Å². The molecule has 0 saturated heterocycles. The number of halogens is 6. The number of hydrogen-bond donors (Lipinski definition) is 0. The van der Waals surface area contributed by atoms with Gasteiger partial charge in [-0.05, 0) is 29.3 Å². The number of rotatable bonds is 3. The van der Waals surface area contributed by atoms with Crippen LogP contribution in [0, 0.1) is 0 Å². The first kappa shape index (κ1) is 18.0. The van der Waals surface area contributed by atoms with E-state index in [1.165, 1.54) is 17.1 Å². The van der Waals surface area contributed by atoms with E-state index in [1.54, 1.807) is 30.3 Å². The number of alkyl halides is 6. The van der Waals surface area contributed by atoms with Gasteiger partial charge in [0.05, 0.1) is 29.3 Å². The normalized spacial score (nSPS) is 12.4. The lowest BCUT2D eigenvalue weighted by Crippen LogP contribution is -2.13. The summed E-state index contributed by atoms with van der Waals surface area (Å²) >= 11 is 0. The molecule has 1 aromatic heterocycles. The highest BCUT2D eigenvalue weighted by Gasteiger charge is 2.36. The minimum absolute atomic E-state index is 0.109. The van der Waals surface area contributed by atoms with E-state index in [1.807, 2.05) is 0 Å². The van der Waals surface area contributed by atoms with Crippen molar-refractivity contribution in [2.24, 2.45) is 0 Å². The molecule has 0 unspecified atom stereocenters. The highest BCUT2D eigenvalue weighted by molar-refractivity contribution is 5.58. The summed E-state index contributed by atoms with van der Waals surface area (Å²) in [5.74, 6) is 0. The fraction of sp³-hybridized carbons (Fsp3) is 0.167. The number of hydrogen-bond acceptors (Lipinski definition) is 1. The van der Waals surface area contributed by atoms with Crippen LogP contribution in [0.3, 0.4) is 0 Å². The van der Waals surface area contributed by atoms with Crippen LogP contribution in [0.2, 0.25) is 0 Å². The average Bonchev–Trinajstić information content (AvgIpc) is 3.02. The highest BCUT2D eigenvalue weighted by atomic mass is 19.4. The Kier molecular flexibility index (Phi) is 4.52. The zero-order chi connectivity index (χ0) is 18.9. The van der Waals surface area contributed by atoms with Crippen LogP contribution in [-0.4, -0.2) is 9.55 Å². The standard InChI is InChI=1S/C18H12F6N2/c19-17(20,21)14-6-12(7-15(8-14)18(22,23)24)10-26-11-25-9-16(26)13-4-2-1-3-5-13/h1-9,11H,10H2. The Morgan fingerprint density at radius 2 is 1.38 bits per heavy atom. The molecule has 26 heavy (non-hydrogen) atoms. The van der Waals surface area contributed by atoms with Gasteiger partial charge in [0.25, 0.3) is 0 Å². The second-order valence-electron chi connectivity index (χ2n) is 5.69. The van der Waals surface area contributed by atoms with Crippen molar-refractivity contribution >= 4 is 0 Å². The van der Waals surface area contributed by atoms with Crippen molar-refractivity contribution in [3.05, 3.63) is 77.7 Å². The number of aromatic nitrogens is 2. The molecule has 0 amide bonds. The first-order valence-corrected chi connectivity index (χ1v) is 7.48. The quantitative estimate of drug-likeness (QED) is 0.546. The fourth-order valence-electron chi connectivity index (χ4n) is 2.60. The maximum atomic E-state index is 13.0. The summed E-state index contributed by atoms with van der Waals surface area (Å²) in [5.41, 5.74) is -1.42. The van der Waals surface area contributed by atoms with Gasteiger partial charge in [-0.1, -0.05) is 30.3 Å². The third-order valence-corrected chi connectivity index (χ3v) is 3.78.